The van der Waals surface area contributed by atoms with Crippen LogP contribution in [-0.2, 0) is 12.7 Å². The van der Waals surface area contributed by atoms with E-state index in [9.17, 15) is 22.4 Å². The molecule has 1 N–H and O–H groups in total. The molecule has 0 radical (unpaired) electrons. The molecule has 0 aliphatic heterocycles. The standard InChI is InChI=1S/C16H9F4N3OS2/c17-9-2-1-8(10(5-9)16(18,19)20)7-21-13(24)12-6-11-14(26-12)22-15-23(11)3-4-25-15/h1-6H,7H2,(H,21,24). The Morgan fingerprint density at radius 2 is 2.08 bits per heavy atom. The number of alkyl halides is 3. The van der Waals surface area contributed by atoms with E-state index in [0.717, 1.165) is 33.9 Å². The van der Waals surface area contributed by atoms with Crippen molar-refractivity contribution >= 4 is 43.9 Å². The maximum atomic E-state index is 13.1. The predicted molar refractivity (Wildman–Crippen MR) is 91.0 cm³/mol. The van der Waals surface area contributed by atoms with Crippen LogP contribution in [0.15, 0.2) is 35.8 Å². The summed E-state index contributed by atoms with van der Waals surface area (Å²) in [6, 6.07) is 4.03. The Labute approximate surface area is 151 Å². The molecule has 134 valence electrons. The summed E-state index contributed by atoms with van der Waals surface area (Å²) < 4.78 is 54.0. The highest BCUT2D eigenvalue weighted by molar-refractivity contribution is 7.21. The average Bonchev–Trinajstić information content (AvgIpc) is 3.24. The highest BCUT2D eigenvalue weighted by atomic mass is 32.1. The number of benzene rings is 1. The molecule has 0 aliphatic rings. The number of thiazole rings is 1. The van der Waals surface area contributed by atoms with E-state index >= 15 is 0 Å². The van der Waals surface area contributed by atoms with Gasteiger partial charge in [-0.15, -0.1) is 22.7 Å². The van der Waals surface area contributed by atoms with Gasteiger partial charge >= 0.3 is 6.18 Å². The molecule has 4 aromatic rings. The zero-order chi connectivity index (χ0) is 18.5. The van der Waals surface area contributed by atoms with Gasteiger partial charge in [0.1, 0.15) is 10.6 Å². The molecule has 4 nitrogen and oxygen atoms in total. The summed E-state index contributed by atoms with van der Waals surface area (Å²) in [6.07, 6.45) is -2.87. The first-order valence-corrected chi connectivity index (χ1v) is 9.01. The first kappa shape index (κ1) is 17.0. The van der Waals surface area contributed by atoms with E-state index < -0.39 is 23.5 Å². The van der Waals surface area contributed by atoms with E-state index in [0.29, 0.717) is 15.8 Å². The number of hydrogen-bond donors (Lipinski definition) is 1. The van der Waals surface area contributed by atoms with Crippen LogP contribution in [0.25, 0.3) is 15.3 Å². The molecule has 4 rings (SSSR count). The third-order valence-corrected chi connectivity index (χ3v) is 5.55. The van der Waals surface area contributed by atoms with Gasteiger partial charge in [-0.1, -0.05) is 6.07 Å². The maximum absolute atomic E-state index is 13.1. The molecule has 3 heterocycles. The molecule has 0 atom stereocenters. The van der Waals surface area contributed by atoms with E-state index in [-0.39, 0.29) is 12.1 Å². The summed E-state index contributed by atoms with van der Waals surface area (Å²) in [5, 5.41) is 4.32. The number of halogens is 4. The molecular formula is C16H9F4N3OS2. The summed E-state index contributed by atoms with van der Waals surface area (Å²) in [5.74, 6) is -1.48. The fourth-order valence-corrected chi connectivity index (χ4v) is 4.31. The van der Waals surface area contributed by atoms with E-state index in [4.69, 9.17) is 0 Å². The van der Waals surface area contributed by atoms with Crippen LogP contribution in [0.5, 0.6) is 0 Å². The van der Waals surface area contributed by atoms with Crippen LogP contribution >= 0.6 is 22.7 Å². The number of fused-ring (bicyclic) bond motifs is 3. The predicted octanol–water partition coefficient (Wildman–Crippen LogP) is 4.70. The van der Waals surface area contributed by atoms with Crippen molar-refractivity contribution in [3.63, 3.8) is 0 Å². The molecule has 0 unspecified atom stereocenters. The first-order chi connectivity index (χ1) is 12.3. The minimum Gasteiger partial charge on any atom is -0.347 e. The van der Waals surface area contributed by atoms with Crippen molar-refractivity contribution in [2.24, 2.45) is 0 Å². The SMILES string of the molecule is O=C(NCc1ccc(F)cc1C(F)(F)F)c1cc2c(nc3sccn32)s1. The van der Waals surface area contributed by atoms with Crippen molar-refractivity contribution in [2.45, 2.75) is 12.7 Å². The van der Waals surface area contributed by atoms with Crippen LogP contribution in [0.1, 0.15) is 20.8 Å². The molecule has 3 aromatic heterocycles. The van der Waals surface area contributed by atoms with Gasteiger partial charge in [-0.3, -0.25) is 9.20 Å². The van der Waals surface area contributed by atoms with Crippen LogP contribution in [-0.4, -0.2) is 15.3 Å². The number of nitrogens with zero attached hydrogens (tertiary/aromatic N) is 2. The monoisotopic (exact) mass is 399 g/mol. The van der Waals surface area contributed by atoms with Crippen molar-refractivity contribution in [2.75, 3.05) is 0 Å². The minimum atomic E-state index is -4.70. The van der Waals surface area contributed by atoms with Crippen molar-refractivity contribution in [1.82, 2.24) is 14.7 Å². The Morgan fingerprint density at radius 3 is 2.85 bits per heavy atom. The number of imidazole rings is 1. The number of hydrogen-bond acceptors (Lipinski definition) is 4. The molecule has 0 saturated heterocycles. The van der Waals surface area contributed by atoms with Crippen molar-refractivity contribution in [3.05, 3.63) is 57.7 Å². The van der Waals surface area contributed by atoms with Gasteiger partial charge < -0.3 is 5.32 Å². The number of carbonyl (C=O) groups excluding carboxylic acids is 1. The molecular weight excluding hydrogens is 390 g/mol. The smallest absolute Gasteiger partial charge is 0.347 e. The van der Waals surface area contributed by atoms with E-state index in [1.165, 1.54) is 11.3 Å². The number of nitrogens with one attached hydrogen (secondary N) is 1. The van der Waals surface area contributed by atoms with Crippen molar-refractivity contribution in [1.29, 1.82) is 0 Å². The van der Waals surface area contributed by atoms with Crippen molar-refractivity contribution in [3.8, 4) is 0 Å². The molecule has 0 spiro atoms. The largest absolute Gasteiger partial charge is 0.416 e. The zero-order valence-corrected chi connectivity index (χ0v) is 14.4. The van der Waals surface area contributed by atoms with Gasteiger partial charge in [0.15, 0.2) is 4.96 Å². The van der Waals surface area contributed by atoms with Gasteiger partial charge in [0, 0.05) is 18.1 Å². The van der Waals surface area contributed by atoms with E-state index in [1.54, 1.807) is 6.07 Å². The van der Waals surface area contributed by atoms with Crippen LogP contribution in [0, 0.1) is 5.82 Å². The van der Waals surface area contributed by atoms with Crippen molar-refractivity contribution < 1.29 is 22.4 Å². The van der Waals surface area contributed by atoms with Gasteiger partial charge in [-0.05, 0) is 23.8 Å². The third-order valence-electron chi connectivity index (χ3n) is 3.78. The number of thiophene rings is 1. The van der Waals surface area contributed by atoms with E-state index in [2.05, 4.69) is 10.3 Å². The van der Waals surface area contributed by atoms with Crippen LogP contribution in [0.4, 0.5) is 17.6 Å². The fraction of sp³-hybridized carbons (Fsp3) is 0.125. The molecule has 0 saturated carbocycles. The minimum absolute atomic E-state index is 0.199. The highest BCUT2D eigenvalue weighted by Gasteiger charge is 2.33. The molecule has 0 bridgehead atoms. The topological polar surface area (TPSA) is 46.4 Å². The number of amides is 1. The van der Waals surface area contributed by atoms with Crippen LogP contribution < -0.4 is 5.32 Å². The Kier molecular flexibility index (Phi) is 3.96. The highest BCUT2D eigenvalue weighted by Crippen LogP contribution is 2.33. The Morgan fingerprint density at radius 1 is 1.27 bits per heavy atom. The van der Waals surface area contributed by atoms with Gasteiger partial charge in [0.2, 0.25) is 0 Å². The lowest BCUT2D eigenvalue weighted by molar-refractivity contribution is -0.138. The molecule has 26 heavy (non-hydrogen) atoms. The molecule has 0 fully saturated rings. The first-order valence-electron chi connectivity index (χ1n) is 7.32. The Bertz CT molecular complexity index is 1130. The second-order valence-corrected chi connectivity index (χ2v) is 7.35. The molecule has 1 aromatic carbocycles. The number of carbonyl (C=O) groups is 1. The van der Waals surface area contributed by atoms with Crippen LogP contribution in [0.3, 0.4) is 0 Å². The Balaban J connectivity index is 1.56. The van der Waals surface area contributed by atoms with Crippen LogP contribution in [0.2, 0.25) is 0 Å². The normalized spacial score (nSPS) is 12.2. The fourth-order valence-electron chi connectivity index (χ4n) is 2.59. The number of aromatic nitrogens is 2. The quantitative estimate of drug-likeness (QED) is 0.508. The third kappa shape index (κ3) is 2.95. The average molecular weight is 399 g/mol. The lowest BCUT2D eigenvalue weighted by Crippen LogP contribution is -2.24. The second kappa shape index (κ2) is 6.06. The van der Waals surface area contributed by atoms with E-state index in [1.807, 2.05) is 16.0 Å². The van der Waals surface area contributed by atoms with Gasteiger partial charge in [0.25, 0.3) is 5.91 Å². The molecule has 10 heteroatoms. The van der Waals surface area contributed by atoms with Gasteiger partial charge in [0.05, 0.1) is 16.0 Å². The van der Waals surface area contributed by atoms with Gasteiger partial charge in [-0.25, -0.2) is 9.37 Å². The summed E-state index contributed by atoms with van der Waals surface area (Å²) in [7, 11) is 0. The number of rotatable bonds is 3. The maximum Gasteiger partial charge on any atom is 0.416 e. The summed E-state index contributed by atoms with van der Waals surface area (Å²) in [6.45, 7) is -0.357. The summed E-state index contributed by atoms with van der Waals surface area (Å²) in [4.78, 5) is 18.5. The summed E-state index contributed by atoms with van der Waals surface area (Å²) in [5.41, 5.74) is -0.523. The second-order valence-electron chi connectivity index (χ2n) is 5.45. The molecule has 1 amide bonds. The van der Waals surface area contributed by atoms with Gasteiger partial charge in [-0.2, -0.15) is 13.2 Å². The lowest BCUT2D eigenvalue weighted by atomic mass is 10.1. The Hall–Kier alpha value is -2.46. The lowest BCUT2D eigenvalue weighted by Gasteiger charge is -2.13. The zero-order valence-electron chi connectivity index (χ0n) is 12.8. The summed E-state index contributed by atoms with van der Waals surface area (Å²) >= 11 is 2.63. The molecule has 0 aliphatic carbocycles.